The fourth-order valence-electron chi connectivity index (χ4n) is 2.94. The maximum atomic E-state index is 11.6. The maximum absolute atomic E-state index is 11.6. The van der Waals surface area contributed by atoms with Gasteiger partial charge in [0.25, 0.3) is 5.91 Å². The highest BCUT2D eigenvalue weighted by Crippen LogP contribution is 2.33. The molecule has 0 bridgehead atoms. The molecule has 4 rings (SSSR count). The third-order valence-corrected chi connectivity index (χ3v) is 5.17. The van der Waals surface area contributed by atoms with E-state index in [4.69, 9.17) is 5.73 Å². The van der Waals surface area contributed by atoms with Gasteiger partial charge in [-0.15, -0.1) is 11.3 Å². The van der Waals surface area contributed by atoms with Crippen LogP contribution in [0.1, 0.15) is 26.4 Å². The monoisotopic (exact) mass is 312 g/mol. The van der Waals surface area contributed by atoms with Gasteiger partial charge in [-0.3, -0.25) is 4.79 Å². The van der Waals surface area contributed by atoms with Crippen LogP contribution in [0.5, 0.6) is 0 Å². The second-order valence-corrected chi connectivity index (χ2v) is 6.78. The fourth-order valence-corrected chi connectivity index (χ4v) is 4.06. The lowest BCUT2D eigenvalue weighted by Gasteiger charge is -2.10. The zero-order valence-corrected chi connectivity index (χ0v) is 13.0. The first-order valence-electron chi connectivity index (χ1n) is 7.24. The summed E-state index contributed by atoms with van der Waals surface area (Å²) in [5, 5.41) is 3.38. The van der Waals surface area contributed by atoms with Gasteiger partial charge < -0.3 is 16.0 Å². The van der Waals surface area contributed by atoms with Crippen LogP contribution in [0.25, 0.3) is 21.7 Å². The lowest BCUT2D eigenvalue weighted by molar-refractivity contribution is 0.100. The molecule has 0 fully saturated rings. The van der Waals surface area contributed by atoms with Gasteiger partial charge >= 0.3 is 0 Å². The number of rotatable bonds is 2. The Labute approximate surface area is 131 Å². The van der Waals surface area contributed by atoms with Gasteiger partial charge in [0.2, 0.25) is 0 Å². The topological polar surface area (TPSA) is 83.8 Å². The number of fused-ring (bicyclic) bond motifs is 2. The smallest absolute Gasteiger partial charge is 0.250 e. The van der Waals surface area contributed by atoms with Crippen LogP contribution in [0.4, 0.5) is 0 Å². The fraction of sp³-hybridized carbons (Fsp3) is 0.250. The van der Waals surface area contributed by atoms with Crippen LogP contribution < -0.4 is 11.1 Å². The molecule has 0 saturated carbocycles. The first-order valence-corrected chi connectivity index (χ1v) is 8.06. The van der Waals surface area contributed by atoms with Crippen molar-refractivity contribution in [1.29, 1.82) is 0 Å². The maximum Gasteiger partial charge on any atom is 0.250 e. The van der Waals surface area contributed by atoms with Gasteiger partial charge in [0.05, 0.1) is 16.0 Å². The Bertz CT molecular complexity index is 870. The summed E-state index contributed by atoms with van der Waals surface area (Å²) in [7, 11) is 0. The molecular weight excluding hydrogens is 296 g/mol. The summed E-state index contributed by atoms with van der Waals surface area (Å²) < 4.78 is 0. The predicted molar refractivity (Wildman–Crippen MR) is 88.1 cm³/mol. The predicted octanol–water partition coefficient (Wildman–Crippen LogP) is 2.34. The molecule has 4 N–H and O–H groups in total. The number of carbonyl (C=O) groups is 1. The van der Waals surface area contributed by atoms with Crippen LogP contribution in [0.2, 0.25) is 0 Å². The number of amides is 1. The van der Waals surface area contributed by atoms with Crippen molar-refractivity contribution in [3.8, 4) is 10.7 Å². The number of aromatic amines is 1. The molecule has 2 aromatic heterocycles. The van der Waals surface area contributed by atoms with Gasteiger partial charge in [-0.05, 0) is 49.2 Å². The summed E-state index contributed by atoms with van der Waals surface area (Å²) >= 11 is 1.75. The Morgan fingerprint density at radius 2 is 2.23 bits per heavy atom. The minimum atomic E-state index is -0.443. The molecule has 1 aliphatic heterocycles. The molecule has 22 heavy (non-hydrogen) atoms. The van der Waals surface area contributed by atoms with Crippen LogP contribution >= 0.6 is 11.3 Å². The van der Waals surface area contributed by atoms with Crippen molar-refractivity contribution in [2.24, 2.45) is 5.73 Å². The second-order valence-electron chi connectivity index (χ2n) is 5.64. The summed E-state index contributed by atoms with van der Waals surface area (Å²) in [4.78, 5) is 22.1. The Morgan fingerprint density at radius 3 is 3.00 bits per heavy atom. The molecule has 0 radical (unpaired) electrons. The van der Waals surface area contributed by atoms with Gasteiger partial charge in [0.15, 0.2) is 0 Å². The molecule has 0 unspecified atom stereocenters. The molecule has 3 aromatic rings. The number of hydrogen-bond acceptors (Lipinski definition) is 4. The molecule has 1 amide bonds. The van der Waals surface area contributed by atoms with Crippen LogP contribution in [0, 0.1) is 6.92 Å². The van der Waals surface area contributed by atoms with E-state index in [1.54, 1.807) is 17.4 Å². The number of nitrogens with two attached hydrogens (primary N) is 1. The Kier molecular flexibility index (Phi) is 3.02. The first kappa shape index (κ1) is 13.5. The van der Waals surface area contributed by atoms with E-state index in [1.165, 1.54) is 10.4 Å². The third-order valence-electron chi connectivity index (χ3n) is 3.98. The van der Waals surface area contributed by atoms with Gasteiger partial charge in [0, 0.05) is 11.4 Å². The number of imidazole rings is 1. The van der Waals surface area contributed by atoms with E-state index in [-0.39, 0.29) is 0 Å². The minimum absolute atomic E-state index is 0.443. The summed E-state index contributed by atoms with van der Waals surface area (Å²) in [6, 6.07) is 5.99. The van der Waals surface area contributed by atoms with E-state index in [0.717, 1.165) is 41.3 Å². The Balaban J connectivity index is 1.87. The number of aryl methyl sites for hydroxylation is 1. The van der Waals surface area contributed by atoms with E-state index in [9.17, 15) is 4.79 Å². The van der Waals surface area contributed by atoms with E-state index in [0.29, 0.717) is 11.1 Å². The van der Waals surface area contributed by atoms with Crippen LogP contribution in [0.15, 0.2) is 18.2 Å². The van der Waals surface area contributed by atoms with Crippen LogP contribution in [-0.2, 0) is 13.0 Å². The van der Waals surface area contributed by atoms with Gasteiger partial charge in [-0.25, -0.2) is 4.98 Å². The van der Waals surface area contributed by atoms with Crippen molar-refractivity contribution in [2.45, 2.75) is 19.9 Å². The average molecular weight is 312 g/mol. The lowest BCUT2D eigenvalue weighted by atomic mass is 10.1. The van der Waals surface area contributed by atoms with Crippen molar-refractivity contribution < 1.29 is 4.79 Å². The Hall–Kier alpha value is -2.18. The summed E-state index contributed by atoms with van der Waals surface area (Å²) in [6.45, 7) is 3.89. The lowest BCUT2D eigenvalue weighted by Crippen LogP contribution is -2.21. The van der Waals surface area contributed by atoms with Gasteiger partial charge in [0.1, 0.15) is 11.3 Å². The number of nitrogens with zero attached hydrogens (tertiary/aromatic N) is 1. The quantitative estimate of drug-likeness (QED) is 0.679. The number of H-pyrrole nitrogens is 1. The summed E-state index contributed by atoms with van der Waals surface area (Å²) in [5.74, 6) is 0.365. The number of primary amides is 1. The highest BCUT2D eigenvalue weighted by Gasteiger charge is 2.18. The molecule has 5 nitrogen and oxygen atoms in total. The molecule has 0 saturated heterocycles. The SMILES string of the molecule is Cc1cc(C(N)=O)c2nc(-c3cc4c(s3)CNCC4)[nH]c2c1. The zero-order valence-electron chi connectivity index (χ0n) is 12.2. The molecule has 112 valence electrons. The second kappa shape index (κ2) is 4.93. The van der Waals surface area contributed by atoms with Crippen molar-refractivity contribution in [1.82, 2.24) is 15.3 Å². The number of hydrogen-bond donors (Lipinski definition) is 3. The number of benzene rings is 1. The van der Waals surface area contributed by atoms with Gasteiger partial charge in [-0.2, -0.15) is 0 Å². The number of nitrogens with one attached hydrogen (secondary N) is 2. The largest absolute Gasteiger partial charge is 0.366 e. The van der Waals surface area contributed by atoms with E-state index in [1.807, 2.05) is 13.0 Å². The van der Waals surface area contributed by atoms with Crippen molar-refractivity contribution >= 4 is 28.3 Å². The zero-order chi connectivity index (χ0) is 15.3. The average Bonchev–Trinajstić information content (AvgIpc) is 3.09. The van der Waals surface area contributed by atoms with Crippen molar-refractivity contribution in [3.05, 3.63) is 39.8 Å². The van der Waals surface area contributed by atoms with E-state index in [2.05, 4.69) is 21.4 Å². The third kappa shape index (κ3) is 2.12. The molecule has 6 heteroatoms. The molecular formula is C16H16N4OS. The van der Waals surface area contributed by atoms with E-state index < -0.39 is 5.91 Å². The standard InChI is InChI=1S/C16H16N4OS/c1-8-4-10(15(17)21)14-11(5-8)19-16(20-14)12-6-9-2-3-18-7-13(9)22-12/h4-6,18H,2-3,7H2,1H3,(H2,17,21)(H,19,20). The minimum Gasteiger partial charge on any atom is -0.366 e. The van der Waals surface area contributed by atoms with Crippen LogP contribution in [-0.4, -0.2) is 22.4 Å². The number of aromatic nitrogens is 2. The molecule has 0 spiro atoms. The molecule has 0 atom stereocenters. The van der Waals surface area contributed by atoms with E-state index >= 15 is 0 Å². The molecule has 1 aromatic carbocycles. The normalized spacial score (nSPS) is 14.2. The van der Waals surface area contributed by atoms with Crippen molar-refractivity contribution in [3.63, 3.8) is 0 Å². The highest BCUT2D eigenvalue weighted by molar-refractivity contribution is 7.15. The molecule has 0 aliphatic carbocycles. The first-order chi connectivity index (χ1) is 10.6. The number of carbonyl (C=O) groups excluding carboxylic acids is 1. The highest BCUT2D eigenvalue weighted by atomic mass is 32.1. The number of thiophene rings is 1. The summed E-state index contributed by atoms with van der Waals surface area (Å²) in [5.41, 5.74) is 9.84. The molecule has 1 aliphatic rings. The Morgan fingerprint density at radius 1 is 1.36 bits per heavy atom. The van der Waals surface area contributed by atoms with Gasteiger partial charge in [-0.1, -0.05) is 0 Å². The van der Waals surface area contributed by atoms with Crippen molar-refractivity contribution in [2.75, 3.05) is 6.54 Å². The summed E-state index contributed by atoms with van der Waals surface area (Å²) in [6.07, 6.45) is 1.05. The molecule has 3 heterocycles. The van der Waals surface area contributed by atoms with Crippen LogP contribution in [0.3, 0.4) is 0 Å².